The Balaban J connectivity index is 1.93. The van der Waals surface area contributed by atoms with Gasteiger partial charge < -0.3 is 4.74 Å². The van der Waals surface area contributed by atoms with E-state index in [9.17, 15) is 0 Å². The first-order valence-electron chi connectivity index (χ1n) is 10.4. The van der Waals surface area contributed by atoms with E-state index in [0.29, 0.717) is 0 Å². The predicted molar refractivity (Wildman–Crippen MR) is 128 cm³/mol. The summed E-state index contributed by atoms with van der Waals surface area (Å²) in [6.07, 6.45) is 2.10. The van der Waals surface area contributed by atoms with Gasteiger partial charge in [0.25, 0.3) is 0 Å². The van der Waals surface area contributed by atoms with Gasteiger partial charge in [-0.3, -0.25) is 4.40 Å². The number of rotatable bonds is 3. The largest absolute Gasteiger partial charge is 0.497 e. The SMILES string of the molecule is COc1ccc2c(c1)c(-c1ccccc1)c(-c1ccccc1)c1c2nc2ccccn21. The Morgan fingerprint density at radius 1 is 0.677 bits per heavy atom. The fourth-order valence-corrected chi connectivity index (χ4v) is 4.53. The Morgan fingerprint density at radius 3 is 2.06 bits per heavy atom. The van der Waals surface area contributed by atoms with Crippen LogP contribution in [0, 0.1) is 0 Å². The molecule has 0 amide bonds. The van der Waals surface area contributed by atoms with Crippen molar-refractivity contribution >= 4 is 27.5 Å². The van der Waals surface area contributed by atoms with Crippen LogP contribution in [-0.2, 0) is 0 Å². The molecule has 0 radical (unpaired) electrons. The number of fused-ring (bicyclic) bond motifs is 5. The van der Waals surface area contributed by atoms with Crippen molar-refractivity contribution in [1.82, 2.24) is 9.38 Å². The van der Waals surface area contributed by atoms with E-state index in [4.69, 9.17) is 9.72 Å². The molecule has 0 aliphatic heterocycles. The molecule has 6 aromatic rings. The summed E-state index contributed by atoms with van der Waals surface area (Å²) in [7, 11) is 1.71. The molecule has 31 heavy (non-hydrogen) atoms. The number of pyridine rings is 1. The molecule has 0 aliphatic carbocycles. The van der Waals surface area contributed by atoms with Crippen LogP contribution in [0.15, 0.2) is 103 Å². The minimum absolute atomic E-state index is 0.840. The Kier molecular flexibility index (Phi) is 4.00. The number of benzene rings is 4. The third-order valence-electron chi connectivity index (χ3n) is 5.89. The van der Waals surface area contributed by atoms with Gasteiger partial charge in [0.1, 0.15) is 11.4 Å². The molecule has 0 unspecified atom stereocenters. The number of ether oxygens (including phenoxy) is 1. The highest BCUT2D eigenvalue weighted by Crippen LogP contribution is 2.45. The van der Waals surface area contributed by atoms with Crippen LogP contribution in [-0.4, -0.2) is 16.5 Å². The van der Waals surface area contributed by atoms with Crippen LogP contribution in [0.3, 0.4) is 0 Å². The van der Waals surface area contributed by atoms with E-state index in [1.807, 2.05) is 12.1 Å². The lowest BCUT2D eigenvalue weighted by molar-refractivity contribution is 0.415. The van der Waals surface area contributed by atoms with Crippen molar-refractivity contribution in [3.63, 3.8) is 0 Å². The second-order valence-electron chi connectivity index (χ2n) is 7.63. The molecule has 0 atom stereocenters. The van der Waals surface area contributed by atoms with Crippen LogP contribution in [0.4, 0.5) is 0 Å². The fourth-order valence-electron chi connectivity index (χ4n) is 4.53. The summed E-state index contributed by atoms with van der Waals surface area (Å²) in [4.78, 5) is 5.04. The Morgan fingerprint density at radius 2 is 1.35 bits per heavy atom. The molecule has 3 heteroatoms. The van der Waals surface area contributed by atoms with Gasteiger partial charge in [0.2, 0.25) is 0 Å². The quantitative estimate of drug-likeness (QED) is 0.320. The number of hydrogen-bond donors (Lipinski definition) is 0. The van der Waals surface area contributed by atoms with Crippen molar-refractivity contribution in [3.8, 4) is 28.0 Å². The molecule has 0 fully saturated rings. The highest BCUT2D eigenvalue weighted by molar-refractivity contribution is 6.20. The fraction of sp³-hybridized carbons (Fsp3) is 0.0357. The molecular weight excluding hydrogens is 380 g/mol. The van der Waals surface area contributed by atoms with E-state index >= 15 is 0 Å². The molecule has 2 heterocycles. The van der Waals surface area contributed by atoms with E-state index < -0.39 is 0 Å². The van der Waals surface area contributed by atoms with E-state index in [1.165, 1.54) is 22.3 Å². The standard InChI is InChI=1S/C28H20N2O/c1-31-21-15-16-22-23(18-21)25(19-10-4-2-5-11-19)26(20-12-6-3-7-13-20)28-27(22)29-24-14-8-9-17-30(24)28/h2-18H,1H3. The Labute approximate surface area is 180 Å². The first kappa shape index (κ1) is 17.7. The highest BCUT2D eigenvalue weighted by atomic mass is 16.5. The third-order valence-corrected chi connectivity index (χ3v) is 5.89. The first-order chi connectivity index (χ1) is 15.3. The van der Waals surface area contributed by atoms with Crippen LogP contribution in [0.25, 0.3) is 49.7 Å². The molecular formula is C28H20N2O. The summed E-state index contributed by atoms with van der Waals surface area (Å²) in [5, 5.41) is 2.26. The van der Waals surface area contributed by atoms with Gasteiger partial charge in [-0.1, -0.05) is 66.7 Å². The number of imidazole rings is 1. The zero-order valence-electron chi connectivity index (χ0n) is 17.1. The minimum atomic E-state index is 0.840. The van der Waals surface area contributed by atoms with Crippen molar-refractivity contribution < 1.29 is 4.74 Å². The predicted octanol–water partition coefficient (Wildman–Crippen LogP) is 6.98. The van der Waals surface area contributed by atoms with Gasteiger partial charge in [-0.2, -0.15) is 0 Å². The molecule has 0 saturated carbocycles. The lowest BCUT2D eigenvalue weighted by Gasteiger charge is -2.17. The second-order valence-corrected chi connectivity index (χ2v) is 7.63. The Bertz CT molecular complexity index is 1550. The third kappa shape index (κ3) is 2.71. The van der Waals surface area contributed by atoms with E-state index in [2.05, 4.69) is 95.5 Å². The Hall–Kier alpha value is -4.11. The van der Waals surface area contributed by atoms with Gasteiger partial charge >= 0.3 is 0 Å². The van der Waals surface area contributed by atoms with Gasteiger partial charge in [0.15, 0.2) is 0 Å². The van der Waals surface area contributed by atoms with Crippen molar-refractivity contribution in [2.24, 2.45) is 0 Å². The minimum Gasteiger partial charge on any atom is -0.497 e. The van der Waals surface area contributed by atoms with E-state index in [0.717, 1.165) is 33.2 Å². The summed E-state index contributed by atoms with van der Waals surface area (Å²) in [5.74, 6) is 0.840. The summed E-state index contributed by atoms with van der Waals surface area (Å²) in [5.41, 5.74) is 7.78. The van der Waals surface area contributed by atoms with Crippen LogP contribution < -0.4 is 4.74 Å². The lowest BCUT2D eigenvalue weighted by Crippen LogP contribution is -1.94. The maximum absolute atomic E-state index is 5.60. The van der Waals surface area contributed by atoms with Crippen molar-refractivity contribution in [1.29, 1.82) is 0 Å². The maximum atomic E-state index is 5.60. The second kappa shape index (κ2) is 6.99. The molecule has 148 valence electrons. The lowest BCUT2D eigenvalue weighted by atomic mass is 9.88. The molecule has 0 aliphatic rings. The molecule has 0 saturated heterocycles. The monoisotopic (exact) mass is 400 g/mol. The van der Waals surface area contributed by atoms with Crippen molar-refractivity contribution in [3.05, 3.63) is 103 Å². The zero-order chi connectivity index (χ0) is 20.8. The summed E-state index contributed by atoms with van der Waals surface area (Å²) < 4.78 is 7.81. The number of hydrogen-bond acceptors (Lipinski definition) is 2. The normalized spacial score (nSPS) is 11.4. The topological polar surface area (TPSA) is 26.5 Å². The van der Waals surface area contributed by atoms with Gasteiger partial charge in [0, 0.05) is 17.1 Å². The molecule has 0 spiro atoms. The van der Waals surface area contributed by atoms with Crippen LogP contribution in [0.5, 0.6) is 5.75 Å². The van der Waals surface area contributed by atoms with Gasteiger partial charge in [-0.15, -0.1) is 0 Å². The van der Waals surface area contributed by atoms with Crippen molar-refractivity contribution in [2.75, 3.05) is 7.11 Å². The average Bonchev–Trinajstić information content (AvgIpc) is 3.23. The van der Waals surface area contributed by atoms with E-state index in [1.54, 1.807) is 7.11 Å². The van der Waals surface area contributed by atoms with E-state index in [-0.39, 0.29) is 0 Å². The maximum Gasteiger partial charge on any atom is 0.137 e. The smallest absolute Gasteiger partial charge is 0.137 e. The van der Waals surface area contributed by atoms with Crippen LogP contribution in [0.1, 0.15) is 0 Å². The molecule has 3 nitrogen and oxygen atoms in total. The van der Waals surface area contributed by atoms with Gasteiger partial charge in [0.05, 0.1) is 18.1 Å². The highest BCUT2D eigenvalue weighted by Gasteiger charge is 2.21. The van der Waals surface area contributed by atoms with Gasteiger partial charge in [-0.05, 0) is 52.4 Å². The first-order valence-corrected chi connectivity index (χ1v) is 10.4. The molecule has 0 bridgehead atoms. The summed E-state index contributed by atoms with van der Waals surface area (Å²) in [6, 6.07) is 33.6. The molecule has 2 aromatic heterocycles. The molecule has 4 aromatic carbocycles. The number of aromatic nitrogens is 2. The van der Waals surface area contributed by atoms with Crippen LogP contribution >= 0.6 is 0 Å². The van der Waals surface area contributed by atoms with Gasteiger partial charge in [-0.25, -0.2) is 4.98 Å². The average molecular weight is 400 g/mol. The molecule has 6 rings (SSSR count). The number of nitrogens with zero attached hydrogens (tertiary/aromatic N) is 2. The zero-order valence-corrected chi connectivity index (χ0v) is 17.1. The van der Waals surface area contributed by atoms with Crippen LogP contribution in [0.2, 0.25) is 0 Å². The summed E-state index contributed by atoms with van der Waals surface area (Å²) in [6.45, 7) is 0. The van der Waals surface area contributed by atoms with Crippen molar-refractivity contribution in [2.45, 2.75) is 0 Å². The summed E-state index contributed by atoms with van der Waals surface area (Å²) >= 11 is 0. The number of methoxy groups -OCH3 is 1. The molecule has 0 N–H and O–H groups in total.